The normalized spacial score (nSPS) is 11.0. The van der Waals surface area contributed by atoms with Crippen LogP contribution >= 0.6 is 11.6 Å². The van der Waals surface area contributed by atoms with E-state index in [1.165, 1.54) is 0 Å². The first-order valence-corrected chi connectivity index (χ1v) is 10.5. The number of nitrogens with one attached hydrogen (secondary N) is 1. The number of ether oxygens (including phenoxy) is 1. The number of unbranched alkanes of at least 4 members (excludes halogenated alkanes) is 1. The topological polar surface area (TPSA) is 56.2 Å². The van der Waals surface area contributed by atoms with Gasteiger partial charge in [-0.3, -0.25) is 4.79 Å². The van der Waals surface area contributed by atoms with E-state index in [0.717, 1.165) is 65.4 Å². The minimum Gasteiger partial charge on any atom is -0.494 e. The molecule has 0 spiro atoms. The number of nitrogens with zero attached hydrogens (tertiary/aromatic N) is 2. The summed E-state index contributed by atoms with van der Waals surface area (Å²) in [5, 5.41) is 3.61. The van der Waals surface area contributed by atoms with Gasteiger partial charge in [-0.25, -0.2) is 4.98 Å². The summed E-state index contributed by atoms with van der Waals surface area (Å²) >= 11 is 6.06. The first kappa shape index (κ1) is 21.2. The van der Waals surface area contributed by atoms with E-state index in [1.807, 2.05) is 37.3 Å². The highest BCUT2D eigenvalue weighted by Crippen LogP contribution is 2.21. The molecule has 29 heavy (non-hydrogen) atoms. The Morgan fingerprint density at radius 2 is 2.00 bits per heavy atom. The van der Waals surface area contributed by atoms with Crippen LogP contribution < -0.4 is 10.1 Å². The quantitative estimate of drug-likeness (QED) is 0.479. The number of imidazole rings is 1. The van der Waals surface area contributed by atoms with Gasteiger partial charge in [-0.15, -0.1) is 0 Å². The molecule has 0 aliphatic carbocycles. The zero-order valence-corrected chi connectivity index (χ0v) is 17.8. The summed E-state index contributed by atoms with van der Waals surface area (Å²) in [6, 6.07) is 14.0. The molecule has 1 amide bonds. The number of hydrogen-bond acceptors (Lipinski definition) is 3. The van der Waals surface area contributed by atoms with Gasteiger partial charge < -0.3 is 14.6 Å². The lowest BCUT2D eigenvalue weighted by Crippen LogP contribution is -2.21. The Balaban J connectivity index is 1.54. The first-order valence-electron chi connectivity index (χ1n) is 10.1. The van der Waals surface area contributed by atoms with Crippen LogP contribution in [-0.4, -0.2) is 28.6 Å². The Morgan fingerprint density at radius 3 is 2.79 bits per heavy atom. The third kappa shape index (κ3) is 5.97. The molecule has 0 aliphatic rings. The number of rotatable bonds is 10. The molecular weight excluding hydrogens is 386 g/mol. The second-order valence-corrected chi connectivity index (χ2v) is 7.63. The maximum Gasteiger partial charge on any atom is 0.216 e. The highest BCUT2D eigenvalue weighted by atomic mass is 35.5. The number of halogens is 1. The van der Waals surface area contributed by atoms with Gasteiger partial charge in [0.2, 0.25) is 5.91 Å². The summed E-state index contributed by atoms with van der Waals surface area (Å²) in [5.41, 5.74) is 3.21. The van der Waals surface area contributed by atoms with Gasteiger partial charge in [0.25, 0.3) is 0 Å². The summed E-state index contributed by atoms with van der Waals surface area (Å²) in [7, 11) is 0. The molecule has 1 aromatic heterocycles. The van der Waals surface area contributed by atoms with Gasteiger partial charge in [0.05, 0.1) is 17.6 Å². The molecular formula is C23H28ClN3O2. The van der Waals surface area contributed by atoms with E-state index in [4.69, 9.17) is 21.3 Å². The maximum atomic E-state index is 11.1. The van der Waals surface area contributed by atoms with Gasteiger partial charge in [-0.2, -0.15) is 0 Å². The molecule has 1 N–H and O–H groups in total. The fourth-order valence-electron chi connectivity index (χ4n) is 3.35. The summed E-state index contributed by atoms with van der Waals surface area (Å²) in [4.78, 5) is 15.9. The van der Waals surface area contributed by atoms with Crippen LogP contribution in [0.2, 0.25) is 5.02 Å². The van der Waals surface area contributed by atoms with Crippen molar-refractivity contribution in [1.29, 1.82) is 0 Å². The number of carbonyl (C=O) groups is 1. The lowest BCUT2D eigenvalue weighted by Gasteiger charge is -2.11. The molecule has 3 aromatic rings. The summed E-state index contributed by atoms with van der Waals surface area (Å²) < 4.78 is 8.16. The predicted molar refractivity (Wildman–Crippen MR) is 118 cm³/mol. The number of para-hydroxylation sites is 2. The zero-order chi connectivity index (χ0) is 20.6. The highest BCUT2D eigenvalue weighted by Gasteiger charge is 2.10. The van der Waals surface area contributed by atoms with Gasteiger partial charge in [0.1, 0.15) is 11.6 Å². The molecule has 0 saturated heterocycles. The molecule has 0 radical (unpaired) electrons. The monoisotopic (exact) mass is 413 g/mol. The third-order valence-corrected chi connectivity index (χ3v) is 5.28. The van der Waals surface area contributed by atoms with Crippen molar-refractivity contribution in [2.45, 2.75) is 46.1 Å². The van der Waals surface area contributed by atoms with Gasteiger partial charge in [-0.05, 0) is 62.1 Å². The Bertz CT molecular complexity index is 968. The SMILES string of the molecule is CC(=O)NCCCc1nc2ccccc2n1CCCCOc1ccc(Cl)c(C)c1. The average Bonchev–Trinajstić information content (AvgIpc) is 3.05. The zero-order valence-electron chi connectivity index (χ0n) is 17.1. The largest absolute Gasteiger partial charge is 0.494 e. The Kier molecular flexibility index (Phi) is 7.53. The van der Waals surface area contributed by atoms with Crippen LogP contribution in [0.3, 0.4) is 0 Å². The van der Waals surface area contributed by atoms with Gasteiger partial charge >= 0.3 is 0 Å². The maximum absolute atomic E-state index is 11.1. The highest BCUT2D eigenvalue weighted by molar-refractivity contribution is 6.31. The first-order chi connectivity index (χ1) is 14.0. The number of aryl methyl sites for hydroxylation is 3. The standard InChI is InChI=1S/C23H28ClN3O2/c1-17-16-19(11-12-20(17)24)29-15-6-5-14-27-22-9-4-3-8-21(22)26-23(27)10-7-13-25-18(2)28/h3-4,8-9,11-12,16H,5-7,10,13-15H2,1-2H3,(H,25,28). The Hall–Kier alpha value is -2.53. The average molecular weight is 414 g/mol. The lowest BCUT2D eigenvalue weighted by atomic mass is 10.2. The second-order valence-electron chi connectivity index (χ2n) is 7.22. The van der Waals surface area contributed by atoms with Crippen LogP contribution in [0.15, 0.2) is 42.5 Å². The fraction of sp³-hybridized carbons (Fsp3) is 0.391. The molecule has 1 heterocycles. The van der Waals surface area contributed by atoms with E-state index >= 15 is 0 Å². The number of fused-ring (bicyclic) bond motifs is 1. The van der Waals surface area contributed by atoms with Crippen molar-refractivity contribution in [2.24, 2.45) is 0 Å². The summed E-state index contributed by atoms with van der Waals surface area (Å²) in [6.07, 6.45) is 3.68. The molecule has 0 unspecified atom stereocenters. The van der Waals surface area contributed by atoms with Crippen molar-refractivity contribution in [3.8, 4) is 5.75 Å². The van der Waals surface area contributed by atoms with Crippen LogP contribution in [0.1, 0.15) is 37.6 Å². The molecule has 0 fully saturated rings. The Morgan fingerprint density at radius 1 is 1.17 bits per heavy atom. The molecule has 0 aliphatic heterocycles. The molecule has 0 atom stereocenters. The summed E-state index contributed by atoms with van der Waals surface area (Å²) in [5.74, 6) is 1.94. The van der Waals surface area contributed by atoms with E-state index in [0.29, 0.717) is 13.2 Å². The minimum atomic E-state index is 0.00869. The van der Waals surface area contributed by atoms with Crippen LogP contribution in [0.5, 0.6) is 5.75 Å². The molecule has 6 heteroatoms. The smallest absolute Gasteiger partial charge is 0.216 e. The van der Waals surface area contributed by atoms with Crippen LogP contribution in [-0.2, 0) is 17.8 Å². The lowest BCUT2D eigenvalue weighted by molar-refractivity contribution is -0.118. The molecule has 0 saturated carbocycles. The van der Waals surface area contributed by atoms with Gasteiger partial charge in [0, 0.05) is 31.5 Å². The van der Waals surface area contributed by atoms with Gasteiger partial charge in [-0.1, -0.05) is 23.7 Å². The number of amides is 1. The van der Waals surface area contributed by atoms with Crippen molar-refractivity contribution in [3.05, 3.63) is 58.9 Å². The second kappa shape index (κ2) is 10.3. The van der Waals surface area contributed by atoms with Gasteiger partial charge in [0.15, 0.2) is 0 Å². The predicted octanol–water partition coefficient (Wildman–Crippen LogP) is 4.93. The number of carbonyl (C=O) groups excluding carboxylic acids is 1. The molecule has 2 aromatic carbocycles. The molecule has 3 rings (SSSR count). The van der Waals surface area contributed by atoms with E-state index in [2.05, 4.69) is 22.0 Å². The summed E-state index contributed by atoms with van der Waals surface area (Å²) in [6.45, 7) is 5.77. The molecule has 0 bridgehead atoms. The Labute approximate surface area is 177 Å². The van der Waals surface area contributed by atoms with Crippen molar-refractivity contribution >= 4 is 28.5 Å². The fourth-order valence-corrected chi connectivity index (χ4v) is 3.46. The van der Waals surface area contributed by atoms with Crippen molar-refractivity contribution < 1.29 is 9.53 Å². The van der Waals surface area contributed by atoms with Crippen molar-refractivity contribution in [1.82, 2.24) is 14.9 Å². The third-order valence-electron chi connectivity index (χ3n) is 4.86. The number of benzene rings is 2. The number of aromatic nitrogens is 2. The minimum absolute atomic E-state index is 0.00869. The van der Waals surface area contributed by atoms with Crippen LogP contribution in [0.25, 0.3) is 11.0 Å². The van der Waals surface area contributed by atoms with Crippen LogP contribution in [0.4, 0.5) is 0 Å². The van der Waals surface area contributed by atoms with E-state index < -0.39 is 0 Å². The van der Waals surface area contributed by atoms with Crippen molar-refractivity contribution in [3.63, 3.8) is 0 Å². The number of hydrogen-bond donors (Lipinski definition) is 1. The van der Waals surface area contributed by atoms with Crippen LogP contribution in [0, 0.1) is 6.92 Å². The van der Waals surface area contributed by atoms with Crippen molar-refractivity contribution in [2.75, 3.05) is 13.2 Å². The molecule has 5 nitrogen and oxygen atoms in total. The van der Waals surface area contributed by atoms with E-state index in [9.17, 15) is 4.79 Å². The molecule has 154 valence electrons. The van der Waals surface area contributed by atoms with E-state index in [1.54, 1.807) is 6.92 Å². The van der Waals surface area contributed by atoms with E-state index in [-0.39, 0.29) is 5.91 Å².